The highest BCUT2D eigenvalue weighted by Crippen LogP contribution is 2.30. The number of aromatic nitrogens is 2. The highest BCUT2D eigenvalue weighted by molar-refractivity contribution is 5.94. The second-order valence-corrected chi connectivity index (χ2v) is 9.63. The molecule has 1 aromatic heterocycles. The molecule has 2 aliphatic rings. The molecular formula is C29H28N4O2. The Morgan fingerprint density at radius 1 is 0.886 bits per heavy atom. The Morgan fingerprint density at radius 2 is 1.57 bits per heavy atom. The van der Waals surface area contributed by atoms with Crippen LogP contribution in [0.4, 0.5) is 0 Å². The van der Waals surface area contributed by atoms with Crippen molar-refractivity contribution in [3.05, 3.63) is 100 Å². The average Bonchev–Trinajstić information content (AvgIpc) is 3.81. The van der Waals surface area contributed by atoms with E-state index in [1.807, 2.05) is 78.9 Å². The van der Waals surface area contributed by atoms with Crippen molar-refractivity contribution in [3.63, 3.8) is 0 Å². The van der Waals surface area contributed by atoms with E-state index >= 15 is 0 Å². The lowest BCUT2D eigenvalue weighted by molar-refractivity contribution is 0.0951. The largest absolute Gasteiger partial charge is 0.349 e. The van der Waals surface area contributed by atoms with E-state index in [-0.39, 0.29) is 11.5 Å². The first-order chi connectivity index (χ1) is 17.2. The predicted molar refractivity (Wildman–Crippen MR) is 137 cm³/mol. The summed E-state index contributed by atoms with van der Waals surface area (Å²) in [5, 5.41) is 9.43. The summed E-state index contributed by atoms with van der Waals surface area (Å²) in [6.07, 6.45) is 4.40. The first-order valence-electron chi connectivity index (χ1n) is 12.3. The third-order valence-electron chi connectivity index (χ3n) is 6.81. The Morgan fingerprint density at radius 3 is 2.26 bits per heavy atom. The maximum absolute atomic E-state index is 13.4. The van der Waals surface area contributed by atoms with Crippen LogP contribution in [-0.4, -0.2) is 32.7 Å². The normalized spacial score (nSPS) is 15.5. The lowest BCUT2D eigenvalue weighted by Gasteiger charge is -2.23. The smallest absolute Gasteiger partial charge is 0.275 e. The molecule has 2 fully saturated rings. The number of rotatable bonds is 8. The van der Waals surface area contributed by atoms with Gasteiger partial charge in [0.25, 0.3) is 11.5 Å². The van der Waals surface area contributed by atoms with Gasteiger partial charge in [0.2, 0.25) is 0 Å². The van der Waals surface area contributed by atoms with Crippen molar-refractivity contribution in [1.29, 1.82) is 0 Å². The number of carbonyl (C=O) groups is 1. The molecule has 1 N–H and O–H groups in total. The van der Waals surface area contributed by atoms with E-state index in [9.17, 15) is 9.59 Å². The van der Waals surface area contributed by atoms with E-state index in [1.165, 1.54) is 0 Å². The molecule has 2 saturated carbocycles. The van der Waals surface area contributed by atoms with E-state index in [4.69, 9.17) is 5.10 Å². The molecule has 6 rings (SSSR count). The van der Waals surface area contributed by atoms with E-state index in [2.05, 4.69) is 10.2 Å². The van der Waals surface area contributed by atoms with Gasteiger partial charge in [-0.2, -0.15) is 5.10 Å². The van der Waals surface area contributed by atoms with Gasteiger partial charge in [-0.1, -0.05) is 60.7 Å². The van der Waals surface area contributed by atoms with Crippen LogP contribution in [0.25, 0.3) is 22.0 Å². The summed E-state index contributed by atoms with van der Waals surface area (Å²) in [6, 6.07) is 26.3. The average molecular weight is 465 g/mol. The van der Waals surface area contributed by atoms with Crippen molar-refractivity contribution >= 4 is 16.7 Å². The third-order valence-corrected chi connectivity index (χ3v) is 6.81. The first kappa shape index (κ1) is 21.7. The zero-order valence-corrected chi connectivity index (χ0v) is 19.6. The fraction of sp³-hybridized carbons (Fsp3) is 0.276. The highest BCUT2D eigenvalue weighted by Gasteiger charge is 2.30. The third kappa shape index (κ3) is 4.75. The molecule has 6 heteroatoms. The minimum Gasteiger partial charge on any atom is -0.349 e. The summed E-state index contributed by atoms with van der Waals surface area (Å²) in [5.41, 5.74) is 3.56. The van der Waals surface area contributed by atoms with Crippen LogP contribution in [0.15, 0.2) is 83.7 Å². The van der Waals surface area contributed by atoms with Gasteiger partial charge < -0.3 is 5.32 Å². The van der Waals surface area contributed by atoms with Crippen LogP contribution < -0.4 is 10.9 Å². The number of amides is 1. The van der Waals surface area contributed by atoms with Crippen molar-refractivity contribution in [2.45, 2.75) is 51.0 Å². The Labute approximate surface area is 204 Å². The second-order valence-electron chi connectivity index (χ2n) is 9.63. The Balaban J connectivity index is 1.28. The summed E-state index contributed by atoms with van der Waals surface area (Å²) in [6.45, 7) is 1.13. The van der Waals surface area contributed by atoms with Gasteiger partial charge in [-0.25, -0.2) is 4.68 Å². The van der Waals surface area contributed by atoms with Crippen molar-refractivity contribution in [2.24, 2.45) is 0 Å². The molecule has 1 heterocycles. The summed E-state index contributed by atoms with van der Waals surface area (Å²) in [5.74, 6) is -0.00143. The summed E-state index contributed by atoms with van der Waals surface area (Å²) in [4.78, 5) is 28.0. The standard InChI is InChI=1S/C29H28N4O2/c34-28(30-23-14-15-23)22-12-10-20(11-13-22)18-32(24-16-17-24)19-33-29(35)26-9-5-4-8-25(26)27(31-33)21-6-2-1-3-7-21/h1-13,23-24H,14-19H2,(H,30,34). The minimum atomic E-state index is -0.0713. The van der Waals surface area contributed by atoms with Gasteiger partial charge in [-0.15, -0.1) is 0 Å². The van der Waals surface area contributed by atoms with Crippen LogP contribution >= 0.6 is 0 Å². The Bertz CT molecular complexity index is 1420. The number of benzene rings is 3. The van der Waals surface area contributed by atoms with Crippen LogP contribution in [-0.2, 0) is 13.2 Å². The van der Waals surface area contributed by atoms with E-state index in [0.29, 0.717) is 36.2 Å². The summed E-state index contributed by atoms with van der Waals surface area (Å²) < 4.78 is 1.61. The zero-order chi connectivity index (χ0) is 23.8. The van der Waals surface area contributed by atoms with Crippen LogP contribution in [0.2, 0.25) is 0 Å². The fourth-order valence-corrected chi connectivity index (χ4v) is 4.54. The van der Waals surface area contributed by atoms with E-state index < -0.39 is 0 Å². The van der Waals surface area contributed by atoms with Gasteiger partial charge in [0.05, 0.1) is 17.7 Å². The molecule has 0 unspecified atom stereocenters. The lowest BCUT2D eigenvalue weighted by atomic mass is 10.1. The Hall–Kier alpha value is -3.77. The molecule has 1 amide bonds. The number of carbonyl (C=O) groups excluding carboxylic acids is 1. The van der Waals surface area contributed by atoms with Crippen molar-refractivity contribution in [1.82, 2.24) is 20.0 Å². The van der Waals surface area contributed by atoms with Gasteiger partial charge in [0.1, 0.15) is 0 Å². The number of nitrogens with one attached hydrogen (secondary N) is 1. The molecule has 0 radical (unpaired) electrons. The molecule has 3 aromatic carbocycles. The molecule has 4 aromatic rings. The van der Waals surface area contributed by atoms with Crippen molar-refractivity contribution in [3.8, 4) is 11.3 Å². The molecule has 176 valence electrons. The van der Waals surface area contributed by atoms with Gasteiger partial charge in [0.15, 0.2) is 0 Å². The van der Waals surface area contributed by atoms with Gasteiger partial charge >= 0.3 is 0 Å². The van der Waals surface area contributed by atoms with Crippen LogP contribution in [0, 0.1) is 0 Å². The van der Waals surface area contributed by atoms with Gasteiger partial charge in [-0.3, -0.25) is 14.5 Å². The molecular weight excluding hydrogens is 436 g/mol. The SMILES string of the molecule is O=C(NC1CC1)c1ccc(CN(Cn2nc(-c3ccccc3)c3ccccc3c2=O)C2CC2)cc1. The second kappa shape index (κ2) is 9.12. The quantitative estimate of drug-likeness (QED) is 0.415. The number of nitrogens with zero attached hydrogens (tertiary/aromatic N) is 3. The van der Waals surface area contributed by atoms with Gasteiger partial charge in [0, 0.05) is 35.1 Å². The van der Waals surface area contributed by atoms with Crippen molar-refractivity contribution < 1.29 is 4.79 Å². The fourth-order valence-electron chi connectivity index (χ4n) is 4.54. The molecule has 0 bridgehead atoms. The van der Waals surface area contributed by atoms with Crippen LogP contribution in [0.5, 0.6) is 0 Å². The van der Waals surface area contributed by atoms with Gasteiger partial charge in [-0.05, 0) is 49.4 Å². The number of hydrogen-bond acceptors (Lipinski definition) is 4. The predicted octanol–water partition coefficient (Wildman–Crippen LogP) is 4.58. The lowest BCUT2D eigenvalue weighted by Crippen LogP contribution is -2.35. The van der Waals surface area contributed by atoms with Crippen molar-refractivity contribution in [2.75, 3.05) is 0 Å². The highest BCUT2D eigenvalue weighted by atomic mass is 16.2. The van der Waals surface area contributed by atoms with Crippen LogP contribution in [0.3, 0.4) is 0 Å². The molecule has 0 spiro atoms. The first-order valence-corrected chi connectivity index (χ1v) is 12.3. The molecule has 35 heavy (non-hydrogen) atoms. The number of fused-ring (bicyclic) bond motifs is 1. The van der Waals surface area contributed by atoms with E-state index in [1.54, 1.807) is 4.68 Å². The maximum atomic E-state index is 13.4. The molecule has 0 atom stereocenters. The molecule has 0 saturated heterocycles. The summed E-state index contributed by atoms with van der Waals surface area (Å²) >= 11 is 0. The minimum absolute atomic E-state index is 0.00143. The molecule has 6 nitrogen and oxygen atoms in total. The maximum Gasteiger partial charge on any atom is 0.275 e. The molecule has 2 aliphatic carbocycles. The van der Waals surface area contributed by atoms with E-state index in [0.717, 1.165) is 47.9 Å². The Kier molecular flexibility index (Phi) is 5.66. The molecule has 0 aliphatic heterocycles. The zero-order valence-electron chi connectivity index (χ0n) is 19.6. The summed E-state index contributed by atoms with van der Waals surface area (Å²) in [7, 11) is 0. The number of hydrogen-bond donors (Lipinski definition) is 1. The van der Waals surface area contributed by atoms with Crippen LogP contribution in [0.1, 0.15) is 41.6 Å². The topological polar surface area (TPSA) is 67.2 Å². The monoisotopic (exact) mass is 464 g/mol.